The van der Waals surface area contributed by atoms with E-state index < -0.39 is 5.91 Å². The second kappa shape index (κ2) is 9.02. The molecule has 7 heteroatoms. The number of hydrogen-bond acceptors (Lipinski definition) is 4. The Bertz CT molecular complexity index is 1260. The zero-order valence-corrected chi connectivity index (χ0v) is 17.6. The number of hydrogen-bond donors (Lipinski definition) is 1. The third kappa shape index (κ3) is 4.75. The fraction of sp³-hybridized carbons (Fsp3) is 0.125. The fourth-order valence-corrected chi connectivity index (χ4v) is 3.41. The number of halogens is 1. The molecule has 0 unspecified atom stereocenters. The van der Waals surface area contributed by atoms with Crippen LogP contribution in [-0.2, 0) is 11.3 Å². The number of para-hydroxylation sites is 1. The predicted octanol–water partition coefficient (Wildman–Crippen LogP) is 6.05. The number of benzene rings is 3. The zero-order chi connectivity index (χ0) is 21.8. The Balaban J connectivity index is 1.56. The van der Waals surface area contributed by atoms with E-state index in [2.05, 4.69) is 10.2 Å². The van der Waals surface area contributed by atoms with Gasteiger partial charge in [0, 0.05) is 10.4 Å². The van der Waals surface area contributed by atoms with E-state index in [4.69, 9.17) is 16.3 Å². The smallest absolute Gasteiger partial charge is 0.302 e. The lowest BCUT2D eigenvalue weighted by Gasteiger charge is -2.07. The van der Waals surface area contributed by atoms with Crippen molar-refractivity contribution in [2.45, 2.75) is 13.5 Å². The molecule has 3 aromatic carbocycles. The van der Waals surface area contributed by atoms with Crippen LogP contribution in [0.1, 0.15) is 11.1 Å². The molecule has 0 aliphatic carbocycles. The van der Waals surface area contributed by atoms with Crippen LogP contribution in [0.2, 0.25) is 5.02 Å². The van der Waals surface area contributed by atoms with E-state index >= 15 is 0 Å². The van der Waals surface area contributed by atoms with Gasteiger partial charge in [0.2, 0.25) is 5.88 Å². The number of ether oxygens (including phenoxy) is 1. The van der Waals surface area contributed by atoms with Gasteiger partial charge in [0.25, 0.3) is 0 Å². The van der Waals surface area contributed by atoms with E-state index in [1.54, 1.807) is 22.8 Å². The molecule has 31 heavy (non-hydrogen) atoms. The van der Waals surface area contributed by atoms with Gasteiger partial charge < -0.3 is 14.4 Å². The summed E-state index contributed by atoms with van der Waals surface area (Å²) in [5.41, 5.74) is 3.03. The lowest BCUT2D eigenvalue weighted by atomic mass is 10.2. The molecule has 1 N–H and O–H groups in total. The summed E-state index contributed by atoms with van der Waals surface area (Å²) in [6.45, 7) is 2.12. The summed E-state index contributed by atoms with van der Waals surface area (Å²) in [5, 5.41) is 20.0. The minimum Gasteiger partial charge on any atom is -0.493 e. The number of azo groups is 1. The molecular formula is C24H20ClN3O3. The Hall–Kier alpha value is -3.64. The summed E-state index contributed by atoms with van der Waals surface area (Å²) in [4.78, 5) is 12.2. The van der Waals surface area contributed by atoms with Gasteiger partial charge in [-0.25, -0.2) is 0 Å². The largest absolute Gasteiger partial charge is 0.493 e. The number of nitrogens with zero attached hydrogens (tertiary/aromatic N) is 3. The summed E-state index contributed by atoms with van der Waals surface area (Å²) in [7, 11) is 0. The van der Waals surface area contributed by atoms with Gasteiger partial charge in [0.05, 0.1) is 12.1 Å². The summed E-state index contributed by atoms with van der Waals surface area (Å²) in [6, 6.07) is 22.2. The third-order valence-electron chi connectivity index (χ3n) is 4.78. The van der Waals surface area contributed by atoms with Gasteiger partial charge in [-0.1, -0.05) is 54.1 Å². The number of rotatable bonds is 6. The van der Waals surface area contributed by atoms with E-state index in [1.807, 2.05) is 61.5 Å². The molecule has 6 nitrogen and oxygen atoms in total. The highest BCUT2D eigenvalue weighted by Crippen LogP contribution is 2.39. The van der Waals surface area contributed by atoms with Crippen molar-refractivity contribution in [1.29, 1.82) is 0 Å². The van der Waals surface area contributed by atoms with Gasteiger partial charge in [-0.3, -0.25) is 4.79 Å². The van der Waals surface area contributed by atoms with Gasteiger partial charge in [0.1, 0.15) is 5.75 Å². The van der Waals surface area contributed by atoms with Gasteiger partial charge in [-0.05, 0) is 48.4 Å². The maximum atomic E-state index is 12.2. The first-order valence-electron chi connectivity index (χ1n) is 9.70. The molecule has 156 valence electrons. The van der Waals surface area contributed by atoms with E-state index in [0.29, 0.717) is 22.7 Å². The highest BCUT2D eigenvalue weighted by Gasteiger charge is 2.17. The van der Waals surface area contributed by atoms with Crippen LogP contribution >= 0.6 is 11.6 Å². The van der Waals surface area contributed by atoms with Crippen LogP contribution in [0.3, 0.4) is 0 Å². The van der Waals surface area contributed by atoms with Crippen molar-refractivity contribution >= 4 is 34.1 Å². The molecule has 1 heterocycles. The van der Waals surface area contributed by atoms with Gasteiger partial charge in [-0.15, -0.1) is 10.2 Å². The summed E-state index contributed by atoms with van der Waals surface area (Å²) in [5.74, 6) is -0.0197. The number of carbonyl (C=O) groups excluding carboxylic acids is 1. The standard InChI is InChI=1S/C24H20ClN3O3/c1-16-5-4-6-19(13-16)31-15-22(29)26-27-23-20-7-2-3-8-21(20)28(24(23)30)14-17-9-11-18(25)12-10-17/h2-13,30H,14-15H2,1H3. The lowest BCUT2D eigenvalue weighted by molar-refractivity contribution is -0.120. The molecule has 0 atom stereocenters. The average molecular weight is 434 g/mol. The SMILES string of the molecule is Cc1cccc(OCC(=O)N=Nc2c(O)n(Cc3ccc(Cl)cc3)c3ccccc23)c1. The molecular weight excluding hydrogens is 414 g/mol. The molecule has 0 spiro atoms. The first-order chi connectivity index (χ1) is 15.0. The van der Waals surface area contributed by atoms with Crippen LogP contribution in [0.15, 0.2) is 83.0 Å². The van der Waals surface area contributed by atoms with Gasteiger partial charge >= 0.3 is 5.91 Å². The predicted molar refractivity (Wildman–Crippen MR) is 120 cm³/mol. The molecule has 0 radical (unpaired) electrons. The second-order valence-corrected chi connectivity index (χ2v) is 7.54. The minimum atomic E-state index is -0.546. The van der Waals surface area contributed by atoms with Crippen LogP contribution in [0, 0.1) is 6.92 Å². The minimum absolute atomic E-state index is 0.0627. The van der Waals surface area contributed by atoms with Crippen LogP contribution in [0.25, 0.3) is 10.9 Å². The molecule has 0 aliphatic heterocycles. The van der Waals surface area contributed by atoms with Crippen LogP contribution in [0.5, 0.6) is 11.6 Å². The molecule has 4 rings (SSSR count). The topological polar surface area (TPSA) is 76.2 Å². The number of aryl methyl sites for hydroxylation is 1. The molecule has 4 aromatic rings. The Kier molecular flexibility index (Phi) is 6.00. The Morgan fingerprint density at radius 3 is 2.61 bits per heavy atom. The van der Waals surface area contributed by atoms with E-state index in [0.717, 1.165) is 16.6 Å². The molecule has 1 aromatic heterocycles. The number of carbonyl (C=O) groups is 1. The van der Waals surface area contributed by atoms with Crippen molar-refractivity contribution in [3.63, 3.8) is 0 Å². The molecule has 1 amide bonds. The first-order valence-corrected chi connectivity index (χ1v) is 10.1. The lowest BCUT2D eigenvalue weighted by Crippen LogP contribution is -2.07. The number of aromatic hydroxyl groups is 1. The van der Waals surface area contributed by atoms with Crippen molar-refractivity contribution in [2.24, 2.45) is 10.2 Å². The van der Waals surface area contributed by atoms with Crippen molar-refractivity contribution in [3.05, 3.63) is 88.9 Å². The molecule has 0 bridgehead atoms. The fourth-order valence-electron chi connectivity index (χ4n) is 3.29. The Labute approximate surface area is 184 Å². The zero-order valence-electron chi connectivity index (χ0n) is 16.8. The Morgan fingerprint density at radius 2 is 1.84 bits per heavy atom. The van der Waals surface area contributed by atoms with Gasteiger partial charge in [-0.2, -0.15) is 0 Å². The molecule has 0 saturated heterocycles. The normalized spacial score (nSPS) is 11.3. The molecule has 0 saturated carbocycles. The number of amides is 1. The highest BCUT2D eigenvalue weighted by molar-refractivity contribution is 6.30. The second-order valence-electron chi connectivity index (χ2n) is 7.10. The van der Waals surface area contributed by atoms with E-state index in [9.17, 15) is 9.90 Å². The molecule has 0 aliphatic rings. The van der Waals surface area contributed by atoms with E-state index in [-0.39, 0.29) is 18.2 Å². The average Bonchev–Trinajstić information content (AvgIpc) is 3.03. The summed E-state index contributed by atoms with van der Waals surface area (Å²) >= 11 is 5.96. The van der Waals surface area contributed by atoms with Crippen molar-refractivity contribution in [2.75, 3.05) is 6.61 Å². The van der Waals surface area contributed by atoms with Crippen LogP contribution in [-0.4, -0.2) is 22.2 Å². The first kappa shape index (κ1) is 20.6. The van der Waals surface area contributed by atoms with E-state index in [1.165, 1.54) is 0 Å². The third-order valence-corrected chi connectivity index (χ3v) is 5.04. The van der Waals surface area contributed by atoms with Crippen molar-refractivity contribution in [3.8, 4) is 11.6 Å². The maximum absolute atomic E-state index is 12.2. The van der Waals surface area contributed by atoms with Crippen LogP contribution in [0.4, 0.5) is 5.69 Å². The Morgan fingerprint density at radius 1 is 1.06 bits per heavy atom. The summed E-state index contributed by atoms with van der Waals surface area (Å²) in [6.07, 6.45) is 0. The quantitative estimate of drug-likeness (QED) is 0.376. The van der Waals surface area contributed by atoms with Gasteiger partial charge in [0.15, 0.2) is 12.3 Å². The van der Waals surface area contributed by atoms with Crippen molar-refractivity contribution in [1.82, 2.24) is 4.57 Å². The number of fused-ring (bicyclic) bond motifs is 1. The summed E-state index contributed by atoms with van der Waals surface area (Å²) < 4.78 is 7.19. The highest BCUT2D eigenvalue weighted by atomic mass is 35.5. The number of aromatic nitrogens is 1. The van der Waals surface area contributed by atoms with Crippen LogP contribution < -0.4 is 4.74 Å². The monoisotopic (exact) mass is 433 g/mol. The molecule has 0 fully saturated rings. The van der Waals surface area contributed by atoms with Crippen molar-refractivity contribution < 1.29 is 14.6 Å². The maximum Gasteiger partial charge on any atom is 0.302 e.